The molecule has 38 heavy (non-hydrogen) atoms. The van der Waals surface area contributed by atoms with E-state index in [2.05, 4.69) is 35.3 Å². The van der Waals surface area contributed by atoms with Crippen LogP contribution in [0.1, 0.15) is 27.2 Å². The fraction of sp³-hybridized carbons (Fsp3) is 0.593. The lowest BCUT2D eigenvalue weighted by Gasteiger charge is -2.32. The predicted octanol–water partition coefficient (Wildman–Crippen LogP) is 4.41. The summed E-state index contributed by atoms with van der Waals surface area (Å²) in [6.07, 6.45) is 5.98. The summed E-state index contributed by atoms with van der Waals surface area (Å²) in [4.78, 5) is 14.1. The second kappa shape index (κ2) is 11.4. The minimum Gasteiger partial charge on any atom is -0.365 e. The van der Waals surface area contributed by atoms with Crippen molar-refractivity contribution >= 4 is 34.9 Å². The minimum atomic E-state index is -3.22. The van der Waals surface area contributed by atoms with Crippen LogP contribution in [0.15, 0.2) is 36.8 Å². The van der Waals surface area contributed by atoms with Crippen molar-refractivity contribution in [3.8, 4) is 11.3 Å². The number of fused-ring (bicyclic) bond motifs is 1. The molecule has 4 heterocycles. The molecule has 3 aromatic rings. The molecule has 208 valence electrons. The Morgan fingerprint density at radius 1 is 1.18 bits per heavy atom. The fourth-order valence-electron chi connectivity index (χ4n) is 4.66. The summed E-state index contributed by atoms with van der Waals surface area (Å²) >= 11 is 0. The molecule has 1 aliphatic rings. The molecule has 0 spiro atoms. The summed E-state index contributed by atoms with van der Waals surface area (Å²) in [6.45, 7) is 15.3. The van der Waals surface area contributed by atoms with Crippen molar-refractivity contribution in [1.29, 1.82) is 0 Å². The lowest BCUT2D eigenvalue weighted by molar-refractivity contribution is 0.0899. The third-order valence-electron chi connectivity index (χ3n) is 6.57. The molecule has 2 unspecified atom stereocenters. The molecule has 0 saturated carbocycles. The van der Waals surface area contributed by atoms with Crippen LogP contribution < -0.4 is 10.6 Å². The van der Waals surface area contributed by atoms with Crippen LogP contribution in [0.4, 0.5) is 5.82 Å². The molecule has 1 saturated heterocycles. The first-order valence-electron chi connectivity index (χ1n) is 13.3. The molecule has 2 atom stereocenters. The van der Waals surface area contributed by atoms with E-state index in [1.54, 1.807) is 12.4 Å². The van der Waals surface area contributed by atoms with Crippen molar-refractivity contribution in [2.45, 2.75) is 70.9 Å². The SMILES string of the molecule is CC(C)(C)CS(=O)(=O)C1CNCC(Nc2ncccc2-c2cnc3c(ccn3COCC[Si](C)(C)C)n2)C1. The number of piperidine rings is 1. The highest BCUT2D eigenvalue weighted by atomic mass is 32.2. The first-order valence-corrected chi connectivity index (χ1v) is 18.8. The van der Waals surface area contributed by atoms with Gasteiger partial charge < -0.3 is 19.9 Å². The van der Waals surface area contributed by atoms with E-state index in [9.17, 15) is 8.42 Å². The Hall–Kier alpha value is -2.34. The third kappa shape index (κ3) is 7.61. The number of sulfone groups is 1. The second-order valence-electron chi connectivity index (χ2n) is 12.7. The van der Waals surface area contributed by atoms with E-state index in [-0.39, 0.29) is 17.2 Å². The van der Waals surface area contributed by atoms with Crippen LogP contribution in [0.25, 0.3) is 22.4 Å². The number of rotatable bonds is 10. The van der Waals surface area contributed by atoms with Crippen molar-refractivity contribution < 1.29 is 13.2 Å². The maximum atomic E-state index is 13.0. The van der Waals surface area contributed by atoms with Gasteiger partial charge in [-0.15, -0.1) is 0 Å². The number of nitrogens with one attached hydrogen (secondary N) is 2. The molecule has 0 amide bonds. The number of anilines is 1. The van der Waals surface area contributed by atoms with Gasteiger partial charge in [0.25, 0.3) is 0 Å². The maximum absolute atomic E-state index is 13.0. The highest BCUT2D eigenvalue weighted by Gasteiger charge is 2.34. The molecule has 11 heteroatoms. The van der Waals surface area contributed by atoms with Gasteiger partial charge in [0.2, 0.25) is 0 Å². The molecule has 0 radical (unpaired) electrons. The second-order valence-corrected chi connectivity index (χ2v) is 20.6. The Bertz CT molecular complexity index is 1350. The number of aromatic nitrogens is 4. The molecule has 0 aliphatic carbocycles. The molecule has 0 aromatic carbocycles. The van der Waals surface area contributed by atoms with Crippen LogP contribution in [0.2, 0.25) is 25.7 Å². The van der Waals surface area contributed by atoms with Gasteiger partial charge in [0.15, 0.2) is 15.5 Å². The Morgan fingerprint density at radius 3 is 2.71 bits per heavy atom. The van der Waals surface area contributed by atoms with Gasteiger partial charge in [0.05, 0.1) is 22.9 Å². The van der Waals surface area contributed by atoms with Gasteiger partial charge in [0.1, 0.15) is 18.1 Å². The van der Waals surface area contributed by atoms with Crippen molar-refractivity contribution in [2.24, 2.45) is 5.41 Å². The Balaban J connectivity index is 1.47. The molecular formula is C27H42N6O3SSi. The van der Waals surface area contributed by atoms with Crippen LogP contribution >= 0.6 is 0 Å². The molecule has 3 aromatic heterocycles. The Labute approximate surface area is 227 Å². The standard InChI is InChI=1S/C27H42N6O3SSi/c1-27(2,3)18-37(34,35)21-14-20(15-28-16-21)31-25-22(8-7-10-29-25)24-17-30-26-23(32-24)9-11-33(26)19-36-12-13-38(4,5)6/h7-11,17,20-21,28H,12-16,18-19H2,1-6H3,(H,29,31). The molecule has 1 aliphatic heterocycles. The average molecular weight is 559 g/mol. The first-order chi connectivity index (χ1) is 17.8. The highest BCUT2D eigenvalue weighted by Crippen LogP contribution is 2.28. The molecule has 0 bridgehead atoms. The van der Waals surface area contributed by atoms with E-state index < -0.39 is 23.2 Å². The topological polar surface area (TPSA) is 111 Å². The van der Waals surface area contributed by atoms with Crippen LogP contribution in [-0.4, -0.2) is 72.8 Å². The van der Waals surface area contributed by atoms with Gasteiger partial charge in [0, 0.05) is 51.8 Å². The zero-order valence-electron chi connectivity index (χ0n) is 23.5. The summed E-state index contributed by atoms with van der Waals surface area (Å²) in [5.74, 6) is 0.850. The summed E-state index contributed by atoms with van der Waals surface area (Å²) < 4.78 is 33.9. The van der Waals surface area contributed by atoms with Crippen LogP contribution in [0.3, 0.4) is 0 Å². The zero-order valence-corrected chi connectivity index (χ0v) is 25.3. The van der Waals surface area contributed by atoms with Crippen molar-refractivity contribution in [2.75, 3.05) is 30.8 Å². The van der Waals surface area contributed by atoms with Crippen LogP contribution in [0.5, 0.6) is 0 Å². The van der Waals surface area contributed by atoms with E-state index in [1.807, 2.05) is 49.7 Å². The zero-order chi connectivity index (χ0) is 27.6. The van der Waals surface area contributed by atoms with E-state index in [0.29, 0.717) is 37.8 Å². The first kappa shape index (κ1) is 28.7. The largest absolute Gasteiger partial charge is 0.365 e. The van der Waals surface area contributed by atoms with Gasteiger partial charge >= 0.3 is 0 Å². The van der Waals surface area contributed by atoms with Crippen molar-refractivity contribution in [3.05, 3.63) is 36.8 Å². The Morgan fingerprint density at radius 2 is 1.97 bits per heavy atom. The molecule has 9 nitrogen and oxygen atoms in total. The summed E-state index contributed by atoms with van der Waals surface area (Å²) in [5.41, 5.74) is 2.85. The van der Waals surface area contributed by atoms with Gasteiger partial charge in [-0.25, -0.2) is 23.4 Å². The van der Waals surface area contributed by atoms with Crippen LogP contribution in [0, 0.1) is 5.41 Å². The number of ether oxygens (including phenoxy) is 1. The smallest absolute Gasteiger partial charge is 0.160 e. The molecule has 2 N–H and O–H groups in total. The van der Waals surface area contributed by atoms with Crippen LogP contribution in [-0.2, 0) is 21.3 Å². The van der Waals surface area contributed by atoms with Gasteiger partial charge in [-0.1, -0.05) is 40.4 Å². The molecule has 4 rings (SSSR count). The Kier molecular flexibility index (Phi) is 8.61. The fourth-order valence-corrected chi connectivity index (χ4v) is 7.76. The quantitative estimate of drug-likeness (QED) is 0.278. The predicted molar refractivity (Wildman–Crippen MR) is 157 cm³/mol. The number of pyridine rings is 1. The van der Waals surface area contributed by atoms with Crippen molar-refractivity contribution in [1.82, 2.24) is 24.8 Å². The number of hydrogen-bond donors (Lipinski definition) is 2. The number of nitrogens with zero attached hydrogens (tertiary/aromatic N) is 4. The lowest BCUT2D eigenvalue weighted by Crippen LogP contribution is -2.50. The summed E-state index contributed by atoms with van der Waals surface area (Å²) in [7, 11) is -4.35. The number of hydrogen-bond acceptors (Lipinski definition) is 8. The summed E-state index contributed by atoms with van der Waals surface area (Å²) in [5, 5.41) is 6.36. The van der Waals surface area contributed by atoms with Gasteiger partial charge in [-0.05, 0) is 36.1 Å². The third-order valence-corrected chi connectivity index (χ3v) is 10.9. The van der Waals surface area contributed by atoms with E-state index in [4.69, 9.17) is 14.7 Å². The highest BCUT2D eigenvalue weighted by molar-refractivity contribution is 7.92. The monoisotopic (exact) mass is 558 g/mol. The van der Waals surface area contributed by atoms with Crippen molar-refractivity contribution in [3.63, 3.8) is 0 Å². The minimum absolute atomic E-state index is 0.0665. The lowest BCUT2D eigenvalue weighted by atomic mass is 10.0. The van der Waals surface area contributed by atoms with Gasteiger partial charge in [-0.3, -0.25) is 0 Å². The molecule has 1 fully saturated rings. The van der Waals surface area contributed by atoms with Gasteiger partial charge in [-0.2, -0.15) is 0 Å². The normalized spacial score (nSPS) is 19.1. The average Bonchev–Trinajstić information content (AvgIpc) is 3.22. The summed E-state index contributed by atoms with van der Waals surface area (Å²) in [6, 6.07) is 6.85. The molecular weight excluding hydrogens is 516 g/mol. The van der Waals surface area contributed by atoms with E-state index in [0.717, 1.165) is 29.4 Å². The van der Waals surface area contributed by atoms with E-state index in [1.165, 1.54) is 0 Å². The van der Waals surface area contributed by atoms with E-state index >= 15 is 0 Å². The maximum Gasteiger partial charge on any atom is 0.160 e.